The van der Waals surface area contributed by atoms with Crippen LogP contribution in [-0.4, -0.2) is 11.5 Å². The summed E-state index contributed by atoms with van der Waals surface area (Å²) in [7, 11) is 0. The number of aromatic nitrogens is 1. The summed E-state index contributed by atoms with van der Waals surface area (Å²) in [5.74, 6) is -0.340. The summed E-state index contributed by atoms with van der Waals surface area (Å²) in [5, 5.41) is 12.1. The smallest absolute Gasteiger partial charge is 0.141 e. The zero-order valence-electron chi connectivity index (χ0n) is 9.79. The van der Waals surface area contributed by atoms with Crippen molar-refractivity contribution < 1.29 is 4.39 Å². The second kappa shape index (κ2) is 5.04. The van der Waals surface area contributed by atoms with Crippen molar-refractivity contribution >= 4 is 0 Å². The van der Waals surface area contributed by atoms with Gasteiger partial charge in [0, 0.05) is 12.6 Å². The maximum absolute atomic E-state index is 12.7. The van der Waals surface area contributed by atoms with E-state index in [1.807, 2.05) is 20.8 Å². The van der Waals surface area contributed by atoms with E-state index >= 15 is 0 Å². The topological polar surface area (TPSA) is 48.7 Å². The Morgan fingerprint density at radius 2 is 2.25 bits per heavy atom. The molecule has 4 heteroatoms. The number of hydrogen-bond donors (Lipinski definition) is 1. The van der Waals surface area contributed by atoms with E-state index in [1.165, 1.54) is 12.3 Å². The summed E-state index contributed by atoms with van der Waals surface area (Å²) in [4.78, 5) is 3.98. The molecule has 0 aliphatic carbocycles. The molecule has 1 aromatic rings. The van der Waals surface area contributed by atoms with E-state index in [4.69, 9.17) is 5.26 Å². The van der Waals surface area contributed by atoms with Gasteiger partial charge in [0.1, 0.15) is 5.82 Å². The Morgan fingerprint density at radius 1 is 1.56 bits per heavy atom. The van der Waals surface area contributed by atoms with Crippen LogP contribution >= 0.6 is 0 Å². The first kappa shape index (κ1) is 12.6. The van der Waals surface area contributed by atoms with Crippen molar-refractivity contribution in [1.82, 2.24) is 10.3 Å². The number of hydrogen-bond acceptors (Lipinski definition) is 3. The molecule has 1 unspecified atom stereocenters. The average molecular weight is 221 g/mol. The van der Waals surface area contributed by atoms with Gasteiger partial charge in [-0.2, -0.15) is 5.26 Å². The molecular weight excluding hydrogens is 205 g/mol. The fraction of sp³-hybridized carbons (Fsp3) is 0.500. The van der Waals surface area contributed by atoms with Crippen molar-refractivity contribution in [3.8, 4) is 6.07 Å². The summed E-state index contributed by atoms with van der Waals surface area (Å²) < 4.78 is 12.7. The van der Waals surface area contributed by atoms with Gasteiger partial charge in [0.25, 0.3) is 0 Å². The largest absolute Gasteiger partial charge is 0.307 e. The van der Waals surface area contributed by atoms with Gasteiger partial charge >= 0.3 is 0 Å². The van der Waals surface area contributed by atoms with E-state index in [-0.39, 0.29) is 11.9 Å². The van der Waals surface area contributed by atoms with Gasteiger partial charge < -0.3 is 5.32 Å². The van der Waals surface area contributed by atoms with Crippen LogP contribution in [0, 0.1) is 22.6 Å². The third-order valence-electron chi connectivity index (χ3n) is 2.35. The van der Waals surface area contributed by atoms with Crippen LogP contribution in [-0.2, 0) is 0 Å². The maximum Gasteiger partial charge on any atom is 0.141 e. The van der Waals surface area contributed by atoms with Gasteiger partial charge in [0.05, 0.1) is 23.4 Å². The molecule has 0 bridgehead atoms. The fourth-order valence-corrected chi connectivity index (χ4v) is 1.20. The Kier molecular flexibility index (Phi) is 3.97. The molecule has 0 spiro atoms. The Bertz CT molecular complexity index is 378. The first-order chi connectivity index (χ1) is 7.44. The summed E-state index contributed by atoms with van der Waals surface area (Å²) in [5.41, 5.74) is 0.365. The monoisotopic (exact) mass is 221 g/mol. The summed E-state index contributed by atoms with van der Waals surface area (Å²) in [6, 6.07) is 5.25. The normalized spacial score (nSPS) is 13.2. The van der Waals surface area contributed by atoms with Crippen molar-refractivity contribution in [2.45, 2.75) is 26.8 Å². The van der Waals surface area contributed by atoms with Crippen LogP contribution < -0.4 is 5.32 Å². The van der Waals surface area contributed by atoms with Crippen LogP contribution in [0.5, 0.6) is 0 Å². The fourth-order valence-electron chi connectivity index (χ4n) is 1.20. The summed E-state index contributed by atoms with van der Waals surface area (Å²) in [6.45, 7) is 6.24. The molecule has 1 heterocycles. The molecule has 0 aliphatic rings. The van der Waals surface area contributed by atoms with Crippen molar-refractivity contribution in [3.05, 3.63) is 29.8 Å². The quantitative estimate of drug-likeness (QED) is 0.849. The molecule has 3 nitrogen and oxygen atoms in total. The summed E-state index contributed by atoms with van der Waals surface area (Å²) >= 11 is 0. The highest BCUT2D eigenvalue weighted by Crippen LogP contribution is 2.15. The molecule has 16 heavy (non-hydrogen) atoms. The van der Waals surface area contributed by atoms with Crippen molar-refractivity contribution in [3.63, 3.8) is 0 Å². The third-order valence-corrected chi connectivity index (χ3v) is 2.35. The van der Waals surface area contributed by atoms with Crippen LogP contribution in [0.3, 0.4) is 0 Å². The predicted octanol–water partition coefficient (Wildman–Crippen LogP) is 2.42. The molecule has 0 aromatic carbocycles. The molecule has 1 atom stereocenters. The number of nitriles is 1. The lowest BCUT2D eigenvalue weighted by Crippen LogP contribution is -2.30. The molecule has 0 radical (unpaired) electrons. The van der Waals surface area contributed by atoms with Gasteiger partial charge in [-0.3, -0.25) is 4.98 Å². The molecule has 0 amide bonds. The Balaban J connectivity index is 2.57. The molecule has 0 aliphatic heterocycles. The second-order valence-electron chi connectivity index (χ2n) is 4.50. The standard InChI is InChI=1S/C12H16FN3/c1-9(16-8-12(2,3)7-14)11-5-4-10(13)6-15-11/h4-6,9,16H,8H2,1-3H3. The number of halogens is 1. The summed E-state index contributed by atoms with van der Waals surface area (Å²) in [6.07, 6.45) is 1.20. The van der Waals surface area contributed by atoms with E-state index in [2.05, 4.69) is 16.4 Å². The first-order valence-corrected chi connectivity index (χ1v) is 5.21. The Morgan fingerprint density at radius 3 is 2.75 bits per heavy atom. The van der Waals surface area contributed by atoms with Crippen molar-refractivity contribution in [2.75, 3.05) is 6.54 Å². The molecule has 0 saturated heterocycles. The van der Waals surface area contributed by atoms with E-state index in [0.29, 0.717) is 6.54 Å². The average Bonchev–Trinajstić information content (AvgIpc) is 2.27. The third kappa shape index (κ3) is 3.59. The highest BCUT2D eigenvalue weighted by atomic mass is 19.1. The van der Waals surface area contributed by atoms with Crippen LogP contribution in [0.2, 0.25) is 0 Å². The minimum Gasteiger partial charge on any atom is -0.307 e. The minimum atomic E-state index is -0.408. The van der Waals surface area contributed by atoms with E-state index in [0.717, 1.165) is 5.69 Å². The van der Waals surface area contributed by atoms with Crippen LogP contribution in [0.15, 0.2) is 18.3 Å². The highest BCUT2D eigenvalue weighted by molar-refractivity contribution is 5.09. The molecule has 0 fully saturated rings. The Labute approximate surface area is 95.3 Å². The van der Waals surface area contributed by atoms with Crippen molar-refractivity contribution in [2.24, 2.45) is 5.41 Å². The van der Waals surface area contributed by atoms with E-state index in [1.54, 1.807) is 6.07 Å². The van der Waals surface area contributed by atoms with E-state index in [9.17, 15) is 4.39 Å². The number of rotatable bonds is 4. The zero-order valence-corrected chi connectivity index (χ0v) is 9.79. The minimum absolute atomic E-state index is 0.00762. The molecular formula is C12H16FN3. The van der Waals surface area contributed by atoms with Crippen LogP contribution in [0.1, 0.15) is 32.5 Å². The number of nitrogens with zero attached hydrogens (tertiary/aromatic N) is 2. The van der Waals surface area contributed by atoms with Crippen molar-refractivity contribution in [1.29, 1.82) is 5.26 Å². The molecule has 86 valence electrons. The molecule has 1 aromatic heterocycles. The second-order valence-corrected chi connectivity index (χ2v) is 4.50. The molecule has 0 saturated carbocycles. The van der Waals surface area contributed by atoms with Gasteiger partial charge in [0.2, 0.25) is 0 Å². The zero-order chi connectivity index (χ0) is 12.2. The van der Waals surface area contributed by atoms with E-state index < -0.39 is 5.41 Å². The van der Waals surface area contributed by atoms with Gasteiger partial charge in [-0.25, -0.2) is 4.39 Å². The van der Waals surface area contributed by atoms with Gasteiger partial charge in [-0.05, 0) is 32.9 Å². The predicted molar refractivity (Wildman–Crippen MR) is 60.0 cm³/mol. The highest BCUT2D eigenvalue weighted by Gasteiger charge is 2.18. The lowest BCUT2D eigenvalue weighted by Gasteiger charge is -2.20. The Hall–Kier alpha value is -1.47. The van der Waals surface area contributed by atoms with Gasteiger partial charge in [-0.15, -0.1) is 0 Å². The van der Waals surface area contributed by atoms with Crippen LogP contribution in [0.25, 0.3) is 0 Å². The lowest BCUT2D eigenvalue weighted by molar-refractivity contribution is 0.411. The van der Waals surface area contributed by atoms with Crippen LogP contribution in [0.4, 0.5) is 4.39 Å². The maximum atomic E-state index is 12.7. The first-order valence-electron chi connectivity index (χ1n) is 5.21. The SMILES string of the molecule is CC(NCC(C)(C)C#N)c1ccc(F)cn1. The molecule has 1 rings (SSSR count). The number of nitrogens with one attached hydrogen (secondary N) is 1. The van der Waals surface area contributed by atoms with Gasteiger partial charge in [0.15, 0.2) is 0 Å². The number of pyridine rings is 1. The lowest BCUT2D eigenvalue weighted by atomic mass is 9.95. The molecule has 1 N–H and O–H groups in total. The van der Waals surface area contributed by atoms with Gasteiger partial charge in [-0.1, -0.05) is 0 Å².